The standard InChI is InChI=1S/C12H11NO4S2/c1-7(11(15)17-2)13-10(14)9(19-12(13)16)6-8-4-3-5-18-8/h3-7H,1-2H3/b9-6-. The van der Waals surface area contributed by atoms with Crippen LogP contribution in [0.15, 0.2) is 22.4 Å². The van der Waals surface area contributed by atoms with Gasteiger partial charge in [-0.25, -0.2) is 4.79 Å². The average Bonchev–Trinajstić information content (AvgIpc) is 2.98. The van der Waals surface area contributed by atoms with Crippen molar-refractivity contribution in [2.75, 3.05) is 7.11 Å². The summed E-state index contributed by atoms with van der Waals surface area (Å²) in [6.45, 7) is 1.47. The molecule has 0 saturated carbocycles. The highest BCUT2D eigenvalue weighted by molar-refractivity contribution is 8.18. The Hall–Kier alpha value is -1.60. The van der Waals surface area contributed by atoms with E-state index in [-0.39, 0.29) is 0 Å². The minimum Gasteiger partial charge on any atom is -0.467 e. The number of methoxy groups -OCH3 is 1. The lowest BCUT2D eigenvalue weighted by atomic mass is 10.3. The van der Waals surface area contributed by atoms with E-state index in [1.807, 2.05) is 17.5 Å². The second-order valence-corrected chi connectivity index (χ2v) is 5.74. The Morgan fingerprint density at radius 1 is 1.47 bits per heavy atom. The van der Waals surface area contributed by atoms with Gasteiger partial charge in [-0.1, -0.05) is 6.07 Å². The van der Waals surface area contributed by atoms with E-state index in [4.69, 9.17) is 0 Å². The van der Waals surface area contributed by atoms with Crippen LogP contribution in [0.2, 0.25) is 0 Å². The van der Waals surface area contributed by atoms with Crippen molar-refractivity contribution in [1.29, 1.82) is 0 Å². The van der Waals surface area contributed by atoms with E-state index in [1.54, 1.807) is 6.08 Å². The fourth-order valence-electron chi connectivity index (χ4n) is 1.59. The summed E-state index contributed by atoms with van der Waals surface area (Å²) in [5.74, 6) is -1.07. The molecule has 1 aliphatic rings. The van der Waals surface area contributed by atoms with Crippen LogP contribution in [0.4, 0.5) is 4.79 Å². The molecule has 2 rings (SSSR count). The smallest absolute Gasteiger partial charge is 0.328 e. The van der Waals surface area contributed by atoms with Gasteiger partial charge in [-0.3, -0.25) is 14.5 Å². The summed E-state index contributed by atoms with van der Waals surface area (Å²) in [6, 6.07) is 2.80. The van der Waals surface area contributed by atoms with Crippen molar-refractivity contribution in [1.82, 2.24) is 4.90 Å². The lowest BCUT2D eigenvalue weighted by Crippen LogP contribution is -2.42. The first-order valence-corrected chi connectivity index (χ1v) is 7.12. The maximum atomic E-state index is 12.1. The number of carbonyl (C=O) groups is 3. The van der Waals surface area contributed by atoms with E-state index in [9.17, 15) is 14.4 Å². The largest absolute Gasteiger partial charge is 0.467 e. The Morgan fingerprint density at radius 2 is 2.21 bits per heavy atom. The molecule has 7 heteroatoms. The minimum absolute atomic E-state index is 0.322. The molecule has 1 aromatic heterocycles. The monoisotopic (exact) mass is 297 g/mol. The van der Waals surface area contributed by atoms with Crippen molar-refractivity contribution < 1.29 is 19.1 Å². The summed E-state index contributed by atoms with van der Waals surface area (Å²) in [5.41, 5.74) is 0. The van der Waals surface area contributed by atoms with E-state index in [2.05, 4.69) is 4.74 Å². The number of carbonyl (C=O) groups excluding carboxylic acids is 3. The highest BCUT2D eigenvalue weighted by atomic mass is 32.2. The molecule has 0 bridgehead atoms. The molecule has 1 aliphatic heterocycles. The number of hydrogen-bond donors (Lipinski definition) is 0. The van der Waals surface area contributed by atoms with Crippen LogP contribution in [0.25, 0.3) is 6.08 Å². The number of imide groups is 1. The van der Waals surface area contributed by atoms with Crippen molar-refractivity contribution in [3.63, 3.8) is 0 Å². The molecule has 2 heterocycles. The van der Waals surface area contributed by atoms with Crippen LogP contribution < -0.4 is 0 Å². The Labute approximate surface area is 118 Å². The highest BCUT2D eigenvalue weighted by Gasteiger charge is 2.41. The second-order valence-electron chi connectivity index (χ2n) is 3.77. The van der Waals surface area contributed by atoms with Crippen molar-refractivity contribution >= 4 is 46.3 Å². The van der Waals surface area contributed by atoms with Crippen molar-refractivity contribution in [3.05, 3.63) is 27.3 Å². The molecule has 0 aliphatic carbocycles. The van der Waals surface area contributed by atoms with Gasteiger partial charge >= 0.3 is 5.97 Å². The number of rotatable bonds is 3. The van der Waals surface area contributed by atoms with Crippen LogP contribution in [-0.4, -0.2) is 35.2 Å². The Morgan fingerprint density at radius 3 is 2.79 bits per heavy atom. The van der Waals surface area contributed by atoms with Crippen LogP contribution in [0.1, 0.15) is 11.8 Å². The topological polar surface area (TPSA) is 63.7 Å². The summed E-state index contributed by atoms with van der Waals surface area (Å²) >= 11 is 2.30. The normalized spacial score (nSPS) is 19.1. The van der Waals surface area contributed by atoms with Crippen molar-refractivity contribution in [2.24, 2.45) is 0 Å². The molecule has 100 valence electrons. The molecule has 1 saturated heterocycles. The maximum absolute atomic E-state index is 12.1. The summed E-state index contributed by atoms with van der Waals surface area (Å²) in [7, 11) is 1.22. The predicted molar refractivity (Wildman–Crippen MR) is 73.6 cm³/mol. The lowest BCUT2D eigenvalue weighted by Gasteiger charge is -2.18. The number of thioether (sulfide) groups is 1. The summed E-state index contributed by atoms with van der Waals surface area (Å²) in [5, 5.41) is 1.43. The van der Waals surface area contributed by atoms with Gasteiger partial charge in [-0.15, -0.1) is 11.3 Å². The second kappa shape index (κ2) is 5.58. The predicted octanol–water partition coefficient (Wildman–Crippen LogP) is 2.35. The van der Waals surface area contributed by atoms with E-state index >= 15 is 0 Å². The van der Waals surface area contributed by atoms with Gasteiger partial charge in [0.25, 0.3) is 11.1 Å². The number of esters is 1. The Balaban J connectivity index is 2.24. The highest BCUT2D eigenvalue weighted by Crippen LogP contribution is 2.34. The number of nitrogens with zero attached hydrogens (tertiary/aromatic N) is 1. The maximum Gasteiger partial charge on any atom is 0.328 e. The van der Waals surface area contributed by atoms with E-state index < -0.39 is 23.2 Å². The van der Waals surface area contributed by atoms with Gasteiger partial charge in [0.05, 0.1) is 12.0 Å². The molecule has 5 nitrogen and oxygen atoms in total. The lowest BCUT2D eigenvalue weighted by molar-refractivity contribution is -0.148. The molecule has 19 heavy (non-hydrogen) atoms. The molecule has 0 radical (unpaired) electrons. The fraction of sp³-hybridized carbons (Fsp3) is 0.250. The first kappa shape index (κ1) is 13.8. The Bertz CT molecular complexity index is 550. The van der Waals surface area contributed by atoms with Crippen LogP contribution in [0, 0.1) is 0 Å². The average molecular weight is 297 g/mol. The van der Waals surface area contributed by atoms with Gasteiger partial charge in [-0.05, 0) is 36.2 Å². The molecule has 1 aromatic rings. The minimum atomic E-state index is -0.910. The number of thiophene rings is 1. The summed E-state index contributed by atoms with van der Waals surface area (Å²) in [6.07, 6.45) is 1.65. The van der Waals surface area contributed by atoms with Gasteiger partial charge < -0.3 is 4.74 Å². The molecule has 1 fully saturated rings. The third-order valence-electron chi connectivity index (χ3n) is 2.57. The van der Waals surface area contributed by atoms with E-state index in [0.29, 0.717) is 4.91 Å². The van der Waals surface area contributed by atoms with Crippen LogP contribution in [-0.2, 0) is 14.3 Å². The first-order valence-electron chi connectivity index (χ1n) is 5.43. The van der Waals surface area contributed by atoms with Crippen LogP contribution in [0.3, 0.4) is 0 Å². The van der Waals surface area contributed by atoms with Gasteiger partial charge in [-0.2, -0.15) is 0 Å². The third kappa shape index (κ3) is 2.71. The summed E-state index contributed by atoms with van der Waals surface area (Å²) in [4.78, 5) is 37.5. The molecular weight excluding hydrogens is 286 g/mol. The molecule has 0 spiro atoms. The number of hydrogen-bond acceptors (Lipinski definition) is 6. The molecule has 2 amide bonds. The molecule has 1 unspecified atom stereocenters. The molecular formula is C12H11NO4S2. The van der Waals surface area contributed by atoms with Crippen LogP contribution >= 0.6 is 23.1 Å². The first-order chi connectivity index (χ1) is 9.04. The third-order valence-corrected chi connectivity index (χ3v) is 4.27. The van der Waals surface area contributed by atoms with Crippen molar-refractivity contribution in [2.45, 2.75) is 13.0 Å². The zero-order valence-electron chi connectivity index (χ0n) is 10.3. The molecule has 0 N–H and O–H groups in total. The SMILES string of the molecule is COC(=O)C(C)N1C(=O)S/C(=C\c2cccs2)C1=O. The molecule has 0 aromatic carbocycles. The van der Waals surface area contributed by atoms with E-state index in [1.165, 1.54) is 25.4 Å². The van der Waals surface area contributed by atoms with Gasteiger partial charge in [0, 0.05) is 4.88 Å². The zero-order chi connectivity index (χ0) is 14.0. The van der Waals surface area contributed by atoms with Crippen molar-refractivity contribution in [3.8, 4) is 0 Å². The van der Waals surface area contributed by atoms with Gasteiger partial charge in [0.15, 0.2) is 0 Å². The Kier molecular flexibility index (Phi) is 4.06. The fourth-order valence-corrected chi connectivity index (χ4v) is 3.22. The quantitative estimate of drug-likeness (QED) is 0.633. The van der Waals surface area contributed by atoms with Crippen LogP contribution in [0.5, 0.6) is 0 Å². The van der Waals surface area contributed by atoms with E-state index in [0.717, 1.165) is 21.5 Å². The number of ether oxygens (including phenoxy) is 1. The number of amides is 2. The van der Waals surface area contributed by atoms with Gasteiger partial charge in [0.2, 0.25) is 0 Å². The van der Waals surface area contributed by atoms with Gasteiger partial charge in [0.1, 0.15) is 6.04 Å². The summed E-state index contributed by atoms with van der Waals surface area (Å²) < 4.78 is 4.55. The zero-order valence-corrected chi connectivity index (χ0v) is 11.9. The molecule has 1 atom stereocenters.